The molecule has 2 rings (SSSR count). The molecule has 76 valence electrons. The van der Waals surface area contributed by atoms with Crippen LogP contribution in [0.1, 0.15) is 17.5 Å². The third-order valence-electron chi connectivity index (χ3n) is 2.30. The van der Waals surface area contributed by atoms with Crippen LogP contribution in [0.4, 0.5) is 0 Å². The minimum Gasteiger partial charge on any atom is -0.292 e. The first kappa shape index (κ1) is 9.58. The summed E-state index contributed by atoms with van der Waals surface area (Å²) in [6, 6.07) is 1.86. The zero-order valence-electron chi connectivity index (χ0n) is 8.28. The van der Waals surface area contributed by atoms with Crippen molar-refractivity contribution in [3.05, 3.63) is 35.2 Å². The van der Waals surface area contributed by atoms with Gasteiger partial charge in [-0.25, -0.2) is 0 Å². The number of hydrogen-bond donors (Lipinski definition) is 1. The Kier molecular flexibility index (Phi) is 2.33. The van der Waals surface area contributed by atoms with E-state index in [9.17, 15) is 9.59 Å². The Morgan fingerprint density at radius 1 is 1.47 bits per heavy atom. The number of imide groups is 1. The zero-order chi connectivity index (χ0) is 10.8. The number of carbonyl (C=O) groups is 2. The van der Waals surface area contributed by atoms with Gasteiger partial charge in [0.25, 0.3) is 5.91 Å². The van der Waals surface area contributed by atoms with Crippen molar-refractivity contribution >= 4 is 17.9 Å². The van der Waals surface area contributed by atoms with Gasteiger partial charge in [-0.15, -0.1) is 0 Å². The van der Waals surface area contributed by atoms with E-state index < -0.39 is 0 Å². The van der Waals surface area contributed by atoms with Gasteiger partial charge in [0.15, 0.2) is 0 Å². The van der Waals surface area contributed by atoms with E-state index in [0.29, 0.717) is 5.57 Å². The van der Waals surface area contributed by atoms with Gasteiger partial charge in [0, 0.05) is 18.0 Å². The van der Waals surface area contributed by atoms with Crippen LogP contribution in [-0.4, -0.2) is 16.8 Å². The summed E-state index contributed by atoms with van der Waals surface area (Å²) in [5.74, 6) is -0.545. The summed E-state index contributed by atoms with van der Waals surface area (Å²) >= 11 is 0. The van der Waals surface area contributed by atoms with Crippen LogP contribution in [0.15, 0.2) is 24.0 Å². The fourth-order valence-corrected chi connectivity index (χ4v) is 1.44. The van der Waals surface area contributed by atoms with Crippen molar-refractivity contribution in [1.82, 2.24) is 10.3 Å². The van der Waals surface area contributed by atoms with Gasteiger partial charge in [-0.1, -0.05) is 0 Å². The van der Waals surface area contributed by atoms with Crippen LogP contribution in [0.25, 0.3) is 6.08 Å². The zero-order valence-corrected chi connectivity index (χ0v) is 8.28. The molecule has 0 unspecified atom stereocenters. The third kappa shape index (κ3) is 1.93. The Morgan fingerprint density at radius 3 is 2.87 bits per heavy atom. The summed E-state index contributed by atoms with van der Waals surface area (Å²) in [7, 11) is 0. The quantitative estimate of drug-likeness (QED) is 0.541. The molecule has 0 radical (unpaired) electrons. The molecule has 0 bridgehead atoms. The topological polar surface area (TPSA) is 59.1 Å². The van der Waals surface area contributed by atoms with Gasteiger partial charge in [0.1, 0.15) is 0 Å². The Morgan fingerprint density at radius 2 is 2.27 bits per heavy atom. The third-order valence-corrected chi connectivity index (χ3v) is 2.30. The summed E-state index contributed by atoms with van der Waals surface area (Å²) in [6.07, 6.45) is 5.24. The van der Waals surface area contributed by atoms with E-state index in [1.807, 2.05) is 13.0 Å². The van der Waals surface area contributed by atoms with Gasteiger partial charge in [-0.2, -0.15) is 0 Å². The van der Waals surface area contributed by atoms with Gasteiger partial charge >= 0.3 is 0 Å². The monoisotopic (exact) mass is 202 g/mol. The minimum atomic E-state index is -0.303. The molecular formula is C11H10N2O2. The van der Waals surface area contributed by atoms with Crippen molar-refractivity contribution in [2.75, 3.05) is 0 Å². The number of nitrogens with one attached hydrogen (secondary N) is 1. The molecule has 1 aliphatic heterocycles. The molecule has 1 aliphatic rings. The van der Waals surface area contributed by atoms with Gasteiger partial charge in [-0.05, 0) is 30.2 Å². The van der Waals surface area contributed by atoms with Crippen LogP contribution in [-0.2, 0) is 9.59 Å². The first-order valence-corrected chi connectivity index (χ1v) is 4.62. The van der Waals surface area contributed by atoms with Crippen LogP contribution in [0, 0.1) is 6.92 Å². The van der Waals surface area contributed by atoms with Crippen molar-refractivity contribution in [1.29, 1.82) is 0 Å². The van der Waals surface area contributed by atoms with Crippen LogP contribution < -0.4 is 5.32 Å². The standard InChI is InChI=1S/C11H10N2O2/c1-7-2-3-12-6-9(7)4-8-5-10(14)13-11(8)15/h2-4,6H,5H2,1H3,(H,13,14,15)/b8-4-. The number of rotatable bonds is 1. The van der Waals surface area contributed by atoms with E-state index in [1.165, 1.54) is 0 Å². The molecule has 1 aromatic heterocycles. The second kappa shape index (κ2) is 3.65. The first-order chi connectivity index (χ1) is 7.16. The molecular weight excluding hydrogens is 192 g/mol. The molecule has 1 N–H and O–H groups in total. The summed E-state index contributed by atoms with van der Waals surface area (Å²) in [5, 5.41) is 2.24. The molecule has 1 aromatic rings. The van der Waals surface area contributed by atoms with Crippen LogP contribution in [0.5, 0.6) is 0 Å². The van der Waals surface area contributed by atoms with Crippen molar-refractivity contribution in [2.24, 2.45) is 0 Å². The number of nitrogens with zero attached hydrogens (tertiary/aromatic N) is 1. The highest BCUT2D eigenvalue weighted by Crippen LogP contribution is 2.16. The average Bonchev–Trinajstić information content (AvgIpc) is 2.49. The molecule has 1 fully saturated rings. The lowest BCUT2D eigenvalue weighted by Crippen LogP contribution is -2.19. The molecule has 0 aromatic carbocycles. The Labute approximate surface area is 87.0 Å². The fourth-order valence-electron chi connectivity index (χ4n) is 1.44. The first-order valence-electron chi connectivity index (χ1n) is 4.62. The summed E-state index contributed by atoms with van der Waals surface area (Å²) in [5.41, 5.74) is 2.40. The van der Waals surface area contributed by atoms with E-state index in [-0.39, 0.29) is 18.2 Å². The lowest BCUT2D eigenvalue weighted by Gasteiger charge is -1.98. The van der Waals surface area contributed by atoms with Crippen LogP contribution in [0.3, 0.4) is 0 Å². The molecule has 4 nitrogen and oxygen atoms in total. The van der Waals surface area contributed by atoms with Gasteiger partial charge < -0.3 is 0 Å². The number of amides is 2. The molecule has 15 heavy (non-hydrogen) atoms. The van der Waals surface area contributed by atoms with Gasteiger partial charge in [-0.3, -0.25) is 19.9 Å². The van der Waals surface area contributed by atoms with E-state index in [0.717, 1.165) is 11.1 Å². The molecule has 0 spiro atoms. The predicted octanol–water partition coefficient (Wildman–Crippen LogP) is 0.820. The van der Waals surface area contributed by atoms with E-state index in [4.69, 9.17) is 0 Å². The highest BCUT2D eigenvalue weighted by molar-refractivity contribution is 6.15. The van der Waals surface area contributed by atoms with E-state index >= 15 is 0 Å². The molecule has 0 aliphatic carbocycles. The van der Waals surface area contributed by atoms with Crippen LogP contribution in [0.2, 0.25) is 0 Å². The summed E-state index contributed by atoms with van der Waals surface area (Å²) in [6.45, 7) is 1.93. The maximum atomic E-state index is 11.3. The molecule has 4 heteroatoms. The van der Waals surface area contributed by atoms with E-state index in [2.05, 4.69) is 10.3 Å². The number of hydrogen-bond acceptors (Lipinski definition) is 3. The van der Waals surface area contributed by atoms with Crippen molar-refractivity contribution < 1.29 is 9.59 Å². The number of aromatic nitrogens is 1. The maximum absolute atomic E-state index is 11.3. The highest BCUT2D eigenvalue weighted by atomic mass is 16.2. The Bertz CT molecular complexity index is 463. The van der Waals surface area contributed by atoms with Crippen molar-refractivity contribution in [2.45, 2.75) is 13.3 Å². The maximum Gasteiger partial charge on any atom is 0.254 e. The van der Waals surface area contributed by atoms with Crippen molar-refractivity contribution in [3.63, 3.8) is 0 Å². The number of carbonyl (C=O) groups excluding carboxylic acids is 2. The minimum absolute atomic E-state index is 0.160. The largest absolute Gasteiger partial charge is 0.292 e. The molecule has 1 saturated heterocycles. The summed E-state index contributed by atoms with van der Waals surface area (Å²) in [4.78, 5) is 26.2. The Balaban J connectivity index is 2.35. The summed E-state index contributed by atoms with van der Waals surface area (Å²) < 4.78 is 0. The normalized spacial score (nSPS) is 18.3. The predicted molar refractivity (Wildman–Crippen MR) is 54.7 cm³/mol. The lowest BCUT2D eigenvalue weighted by atomic mass is 10.1. The molecule has 2 amide bonds. The van der Waals surface area contributed by atoms with Crippen LogP contribution >= 0.6 is 0 Å². The molecule has 0 atom stereocenters. The smallest absolute Gasteiger partial charge is 0.254 e. The Hall–Kier alpha value is -1.97. The SMILES string of the molecule is Cc1ccncc1/C=C1/CC(=O)NC1=O. The highest BCUT2D eigenvalue weighted by Gasteiger charge is 2.23. The number of aryl methyl sites for hydroxylation is 1. The second-order valence-electron chi connectivity index (χ2n) is 3.46. The molecule has 0 saturated carbocycles. The number of pyridine rings is 1. The lowest BCUT2D eigenvalue weighted by molar-refractivity contribution is -0.124. The van der Waals surface area contributed by atoms with Gasteiger partial charge in [0.2, 0.25) is 5.91 Å². The average molecular weight is 202 g/mol. The van der Waals surface area contributed by atoms with Crippen molar-refractivity contribution in [3.8, 4) is 0 Å². The molecule has 2 heterocycles. The van der Waals surface area contributed by atoms with E-state index in [1.54, 1.807) is 18.5 Å². The fraction of sp³-hybridized carbons (Fsp3) is 0.182. The second-order valence-corrected chi connectivity index (χ2v) is 3.46. The van der Waals surface area contributed by atoms with Gasteiger partial charge in [0.05, 0.1) is 6.42 Å².